The van der Waals surface area contributed by atoms with Crippen LogP contribution in [0, 0.1) is 5.92 Å². The average molecular weight is 402 g/mol. The van der Waals surface area contributed by atoms with E-state index in [1.54, 1.807) is 34.5 Å². The topological polar surface area (TPSA) is 83.5 Å². The number of ketones is 1. The molecule has 2 heterocycles. The summed E-state index contributed by atoms with van der Waals surface area (Å²) in [5.74, 6) is 0.956. The van der Waals surface area contributed by atoms with Gasteiger partial charge >= 0.3 is 0 Å². The van der Waals surface area contributed by atoms with Crippen LogP contribution in [0.15, 0.2) is 35.8 Å². The molecule has 4 aliphatic rings. The van der Waals surface area contributed by atoms with Crippen LogP contribution in [0.3, 0.4) is 0 Å². The van der Waals surface area contributed by atoms with Crippen molar-refractivity contribution in [2.45, 2.75) is 23.9 Å². The molecule has 29 heavy (non-hydrogen) atoms. The number of hydrogen-bond acceptors (Lipinski definition) is 7. The van der Waals surface area contributed by atoms with E-state index >= 15 is 0 Å². The van der Waals surface area contributed by atoms with Gasteiger partial charge in [0.25, 0.3) is 0 Å². The third-order valence-corrected chi connectivity index (χ3v) is 6.30. The molecular formula is C22H26O7. The average Bonchev–Trinajstić information content (AvgIpc) is 2.87. The first-order chi connectivity index (χ1) is 13.9. The van der Waals surface area contributed by atoms with Crippen molar-refractivity contribution in [2.24, 2.45) is 5.92 Å². The molecule has 7 heteroatoms. The minimum Gasteiger partial charge on any atom is -0.504 e. The number of rotatable bonds is 6. The summed E-state index contributed by atoms with van der Waals surface area (Å²) in [6, 6.07) is 3.87. The quantitative estimate of drug-likeness (QED) is 0.783. The van der Waals surface area contributed by atoms with Gasteiger partial charge in [0.15, 0.2) is 17.3 Å². The van der Waals surface area contributed by atoms with E-state index in [2.05, 4.69) is 0 Å². The molecule has 1 spiro atoms. The molecule has 1 aromatic rings. The molecule has 0 amide bonds. The molecule has 0 unspecified atom stereocenters. The Bertz CT molecular complexity index is 903. The van der Waals surface area contributed by atoms with Gasteiger partial charge < -0.3 is 28.8 Å². The predicted molar refractivity (Wildman–Crippen MR) is 104 cm³/mol. The fourth-order valence-electron chi connectivity index (χ4n) is 5.01. The van der Waals surface area contributed by atoms with E-state index in [4.69, 9.17) is 23.7 Å². The maximum absolute atomic E-state index is 12.3. The Labute approximate surface area is 169 Å². The van der Waals surface area contributed by atoms with E-state index < -0.39 is 16.8 Å². The van der Waals surface area contributed by atoms with Gasteiger partial charge in [-0.05, 0) is 35.8 Å². The molecule has 7 nitrogen and oxygen atoms in total. The molecule has 2 bridgehead atoms. The SMILES string of the molecule is COC[C@@H]1C[C@]23C=C(O)C(=O)C=C2O[C@@]1(COC)Cc1cc(OC)c(OC)cc13. The maximum Gasteiger partial charge on any atom is 0.223 e. The standard InChI is InChI=1S/C22H26O7/c1-25-11-14-9-21-10-17(24)16(23)7-20(21)29-22(14,12-26-2)8-13-5-18(27-3)19(28-4)6-15(13)21/h5-7,10,14,24H,8-9,11-12H2,1-4H3/t14-,21+,22+/m0/s1. The molecule has 0 saturated carbocycles. The number of allylic oxidation sites excluding steroid dienone is 2. The second-order valence-corrected chi connectivity index (χ2v) is 7.87. The zero-order valence-electron chi connectivity index (χ0n) is 17.1. The van der Waals surface area contributed by atoms with E-state index in [0.717, 1.165) is 11.1 Å². The maximum atomic E-state index is 12.3. The second kappa shape index (κ2) is 7.07. The van der Waals surface area contributed by atoms with Crippen LogP contribution in [0.2, 0.25) is 0 Å². The number of methoxy groups -OCH3 is 4. The first-order valence-electron chi connectivity index (χ1n) is 9.53. The number of carbonyl (C=O) groups excluding carboxylic acids is 1. The molecule has 0 aromatic heterocycles. The van der Waals surface area contributed by atoms with Crippen molar-refractivity contribution in [1.82, 2.24) is 0 Å². The van der Waals surface area contributed by atoms with Crippen LogP contribution >= 0.6 is 0 Å². The Hall–Kier alpha value is -2.51. The van der Waals surface area contributed by atoms with Crippen LogP contribution in [0.5, 0.6) is 11.5 Å². The normalized spacial score (nSPS) is 29.8. The fraction of sp³-hybridized carbons (Fsp3) is 0.500. The highest BCUT2D eigenvalue weighted by atomic mass is 16.5. The second-order valence-electron chi connectivity index (χ2n) is 7.87. The highest BCUT2D eigenvalue weighted by molar-refractivity contribution is 6.04. The van der Waals surface area contributed by atoms with E-state index in [0.29, 0.717) is 43.3 Å². The molecule has 1 aromatic carbocycles. The number of ether oxygens (including phenoxy) is 5. The summed E-state index contributed by atoms with van der Waals surface area (Å²) in [6.45, 7) is 0.801. The first kappa shape index (κ1) is 19.8. The van der Waals surface area contributed by atoms with Gasteiger partial charge in [-0.25, -0.2) is 0 Å². The van der Waals surface area contributed by atoms with Crippen molar-refractivity contribution < 1.29 is 33.6 Å². The first-order valence-corrected chi connectivity index (χ1v) is 9.53. The van der Waals surface area contributed by atoms with Gasteiger partial charge in [-0.3, -0.25) is 4.79 Å². The number of carbonyl (C=O) groups is 1. The summed E-state index contributed by atoms with van der Waals surface area (Å²) in [5.41, 5.74) is 0.438. The third kappa shape index (κ3) is 2.83. The molecule has 0 radical (unpaired) electrons. The van der Waals surface area contributed by atoms with E-state index in [1.807, 2.05) is 12.1 Å². The minimum atomic E-state index is -0.788. The third-order valence-electron chi connectivity index (χ3n) is 6.30. The van der Waals surface area contributed by atoms with Crippen molar-refractivity contribution in [3.63, 3.8) is 0 Å². The van der Waals surface area contributed by atoms with Gasteiger partial charge in [0.2, 0.25) is 5.78 Å². The lowest BCUT2D eigenvalue weighted by Gasteiger charge is -2.49. The van der Waals surface area contributed by atoms with Gasteiger partial charge in [0.1, 0.15) is 11.4 Å². The van der Waals surface area contributed by atoms with Crippen molar-refractivity contribution in [3.05, 3.63) is 46.9 Å². The number of aliphatic hydroxyl groups is 1. The highest BCUT2D eigenvalue weighted by Crippen LogP contribution is 2.57. The molecule has 2 aliphatic heterocycles. The predicted octanol–water partition coefficient (Wildman–Crippen LogP) is 2.47. The molecular weight excluding hydrogens is 376 g/mol. The summed E-state index contributed by atoms with van der Waals surface area (Å²) >= 11 is 0. The lowest BCUT2D eigenvalue weighted by molar-refractivity contribution is -0.143. The van der Waals surface area contributed by atoms with Crippen LogP contribution in [0.25, 0.3) is 0 Å². The zero-order valence-corrected chi connectivity index (χ0v) is 17.1. The smallest absolute Gasteiger partial charge is 0.223 e. The summed E-state index contributed by atoms with van der Waals surface area (Å²) in [5, 5.41) is 10.4. The van der Waals surface area contributed by atoms with Gasteiger partial charge in [-0.15, -0.1) is 0 Å². The summed E-state index contributed by atoms with van der Waals surface area (Å²) in [4.78, 5) is 12.3. The van der Waals surface area contributed by atoms with Gasteiger partial charge in [-0.1, -0.05) is 0 Å². The van der Waals surface area contributed by atoms with Crippen molar-refractivity contribution >= 4 is 5.78 Å². The van der Waals surface area contributed by atoms with Crippen molar-refractivity contribution in [1.29, 1.82) is 0 Å². The van der Waals surface area contributed by atoms with Crippen molar-refractivity contribution in [2.75, 3.05) is 41.7 Å². The largest absolute Gasteiger partial charge is 0.504 e. The zero-order chi connectivity index (χ0) is 20.8. The van der Waals surface area contributed by atoms with E-state index in [1.165, 1.54) is 6.08 Å². The Kier molecular flexibility index (Phi) is 4.83. The van der Waals surface area contributed by atoms with E-state index in [9.17, 15) is 9.90 Å². The molecule has 3 atom stereocenters. The molecule has 156 valence electrons. The summed E-state index contributed by atoms with van der Waals surface area (Å²) < 4.78 is 28.7. The lowest BCUT2D eigenvalue weighted by atomic mass is 9.66. The summed E-state index contributed by atoms with van der Waals surface area (Å²) in [7, 11) is 6.47. The Morgan fingerprint density at radius 3 is 2.52 bits per heavy atom. The molecule has 5 rings (SSSR count). The fourth-order valence-corrected chi connectivity index (χ4v) is 5.01. The van der Waals surface area contributed by atoms with Crippen LogP contribution in [0.1, 0.15) is 17.5 Å². The van der Waals surface area contributed by atoms with Crippen LogP contribution in [0.4, 0.5) is 0 Å². The van der Waals surface area contributed by atoms with Crippen molar-refractivity contribution in [3.8, 4) is 11.5 Å². The lowest BCUT2D eigenvalue weighted by Crippen LogP contribution is -2.54. The monoisotopic (exact) mass is 402 g/mol. The molecule has 1 N–H and O–H groups in total. The molecule has 1 saturated heterocycles. The number of hydrogen-bond donors (Lipinski definition) is 1. The van der Waals surface area contributed by atoms with Gasteiger partial charge in [0, 0.05) is 32.6 Å². The number of benzene rings is 1. The van der Waals surface area contributed by atoms with Crippen LogP contribution in [-0.4, -0.2) is 58.1 Å². The Morgan fingerprint density at radius 1 is 1.14 bits per heavy atom. The Balaban J connectivity index is 2.01. The highest BCUT2D eigenvalue weighted by Gasteiger charge is 2.59. The molecule has 2 aliphatic carbocycles. The van der Waals surface area contributed by atoms with Gasteiger partial charge in [-0.2, -0.15) is 0 Å². The van der Waals surface area contributed by atoms with E-state index in [-0.39, 0.29) is 11.7 Å². The summed E-state index contributed by atoms with van der Waals surface area (Å²) in [6.07, 6.45) is 4.16. The minimum absolute atomic E-state index is 0.0220. The van der Waals surface area contributed by atoms with Gasteiger partial charge in [0.05, 0.1) is 32.8 Å². The van der Waals surface area contributed by atoms with Crippen LogP contribution < -0.4 is 9.47 Å². The Morgan fingerprint density at radius 2 is 1.86 bits per heavy atom. The number of aliphatic hydroxyl groups excluding tert-OH is 1. The number of fused-ring (bicyclic) bond motifs is 1. The van der Waals surface area contributed by atoms with Crippen LogP contribution in [-0.2, 0) is 30.8 Å². The molecule has 1 fully saturated rings.